The fraction of sp³-hybridized carbons (Fsp3) is 0.511. The van der Waals surface area contributed by atoms with E-state index in [9.17, 15) is 24.3 Å². The van der Waals surface area contributed by atoms with Crippen LogP contribution in [-0.4, -0.2) is 106 Å². The number of likely N-dealkylation sites (N-methyl/N-ethyl adjacent to an activating group) is 1. The summed E-state index contributed by atoms with van der Waals surface area (Å²) in [4.78, 5) is 62.2. The first kappa shape index (κ1) is 43.8. The summed E-state index contributed by atoms with van der Waals surface area (Å²) in [6.07, 6.45) is 5.95. The van der Waals surface area contributed by atoms with E-state index in [2.05, 4.69) is 53.2 Å². The quantitative estimate of drug-likeness (QED) is 0.182. The number of carbonyl (C=O) groups is 4. The van der Waals surface area contributed by atoms with Crippen molar-refractivity contribution in [3.05, 3.63) is 71.5 Å². The van der Waals surface area contributed by atoms with Gasteiger partial charge in [0.2, 0.25) is 5.91 Å². The summed E-state index contributed by atoms with van der Waals surface area (Å²) in [5.41, 5.74) is 9.87. The summed E-state index contributed by atoms with van der Waals surface area (Å²) >= 11 is 0. The average Bonchev–Trinajstić information content (AvgIpc) is 3.88. The summed E-state index contributed by atoms with van der Waals surface area (Å²) in [7, 11) is 3.27. The molecule has 4 aromatic rings. The number of esters is 1. The fourth-order valence-electron chi connectivity index (χ4n) is 9.25. The van der Waals surface area contributed by atoms with Crippen LogP contribution in [0.25, 0.3) is 33.3 Å². The first-order valence-corrected chi connectivity index (χ1v) is 21.5. The number of hydrogen-bond acceptors (Lipinski definition) is 10. The highest BCUT2D eigenvalue weighted by atomic mass is 16.5. The van der Waals surface area contributed by atoms with Crippen LogP contribution in [0.1, 0.15) is 77.0 Å². The Hall–Kier alpha value is -5.31. The number of phenols is 1. The van der Waals surface area contributed by atoms with Crippen molar-refractivity contribution < 1.29 is 38.5 Å². The van der Waals surface area contributed by atoms with Crippen LogP contribution in [0.3, 0.4) is 0 Å². The van der Waals surface area contributed by atoms with Crippen LogP contribution in [0.5, 0.6) is 5.75 Å². The van der Waals surface area contributed by atoms with Gasteiger partial charge in [0, 0.05) is 74.5 Å². The van der Waals surface area contributed by atoms with Crippen molar-refractivity contribution in [1.82, 2.24) is 30.2 Å². The second-order valence-electron chi connectivity index (χ2n) is 17.8. The molecule has 3 aliphatic heterocycles. The number of phenolic OH excluding ortho intramolecular Hbond substituents is 1. The van der Waals surface area contributed by atoms with Crippen LogP contribution >= 0.6 is 0 Å². The topological polar surface area (TPSA) is 165 Å². The third kappa shape index (κ3) is 9.31. The molecule has 3 aliphatic rings. The molecule has 3 amide bonds. The third-order valence-electron chi connectivity index (χ3n) is 12.2. The van der Waals surface area contributed by atoms with Gasteiger partial charge in [0.05, 0.1) is 18.9 Å². The molecule has 2 saturated heterocycles. The Morgan fingerprint density at radius 3 is 2.62 bits per heavy atom. The Morgan fingerprint density at radius 1 is 1.10 bits per heavy atom. The van der Waals surface area contributed by atoms with Crippen molar-refractivity contribution in [2.75, 3.05) is 33.9 Å². The number of fused-ring (bicyclic) bond motifs is 6. The van der Waals surface area contributed by atoms with Gasteiger partial charge < -0.3 is 34.1 Å². The number of pyridine rings is 1. The minimum absolute atomic E-state index is 0.00752. The molecule has 7 rings (SSSR count). The maximum atomic E-state index is 14.6. The van der Waals surface area contributed by atoms with Crippen LogP contribution in [0.2, 0.25) is 0 Å². The fourth-order valence-corrected chi connectivity index (χ4v) is 9.25. The third-order valence-corrected chi connectivity index (χ3v) is 12.2. The molecule has 14 nitrogen and oxygen atoms in total. The zero-order valence-corrected chi connectivity index (χ0v) is 36.5. The number of aromatic nitrogens is 2. The lowest BCUT2D eigenvalue weighted by Gasteiger charge is -2.37. The lowest BCUT2D eigenvalue weighted by atomic mass is 9.84. The molecule has 6 bridgehead atoms. The van der Waals surface area contributed by atoms with Gasteiger partial charge in [-0.05, 0) is 103 Å². The molecule has 4 atom stereocenters. The Labute approximate surface area is 357 Å². The summed E-state index contributed by atoms with van der Waals surface area (Å²) in [6.45, 7) is 12.0. The van der Waals surface area contributed by atoms with Gasteiger partial charge in [-0.15, -0.1) is 0 Å². The number of nitrogens with one attached hydrogen (secondary N) is 2. The molecule has 14 heteroatoms. The summed E-state index contributed by atoms with van der Waals surface area (Å²) in [5.74, 6) is -1.96. The van der Waals surface area contributed by atoms with Crippen LogP contribution in [0, 0.1) is 11.3 Å². The van der Waals surface area contributed by atoms with Gasteiger partial charge in [-0.2, -0.15) is 0 Å². The molecule has 326 valence electrons. The minimum Gasteiger partial charge on any atom is -0.508 e. The largest absolute Gasteiger partial charge is 0.508 e. The van der Waals surface area contributed by atoms with Gasteiger partial charge in [0.1, 0.15) is 30.0 Å². The van der Waals surface area contributed by atoms with Crippen molar-refractivity contribution in [3.63, 3.8) is 0 Å². The second-order valence-corrected chi connectivity index (χ2v) is 17.8. The van der Waals surface area contributed by atoms with Crippen LogP contribution in [0.15, 0.2) is 54.9 Å². The molecule has 61 heavy (non-hydrogen) atoms. The van der Waals surface area contributed by atoms with Crippen LogP contribution in [0.4, 0.5) is 0 Å². The van der Waals surface area contributed by atoms with Crippen LogP contribution in [-0.2, 0) is 59.4 Å². The molecule has 0 unspecified atom stereocenters. The molecule has 0 saturated carbocycles. The molecular formula is C47H60N6O8. The van der Waals surface area contributed by atoms with E-state index in [-0.39, 0.29) is 30.6 Å². The molecule has 5 heterocycles. The number of carbonyl (C=O) groups excluding carboxylic acids is 4. The number of aromatic hydroxyl groups is 1. The van der Waals surface area contributed by atoms with Gasteiger partial charge >= 0.3 is 5.97 Å². The van der Waals surface area contributed by atoms with E-state index < -0.39 is 47.4 Å². The van der Waals surface area contributed by atoms with E-state index in [0.29, 0.717) is 57.6 Å². The zero-order valence-electron chi connectivity index (χ0n) is 36.5. The molecule has 0 spiro atoms. The lowest BCUT2D eigenvalue weighted by Crippen LogP contribution is -2.62. The first-order valence-electron chi connectivity index (χ1n) is 21.5. The standard InChI is InChI=1S/C47H60N6O8/c1-8-52-39-14-13-30-23-34(39)35(42(52)36-25-48-16-15-31(36)26-59-7)24-47(4,5)27-61-46(58)37-11-9-17-53(50-37)44(56)38(21-29-19-32(30)22-33(54)20-29)49-43(55)41(28(2)3)51(6)45(57)40-12-10-18-60-40/h13-16,19-20,22-23,25,28,37-38,40-41,50,54H,8-12,17-18,21,24,26-27H2,1-7H3,(H,49,55)/t37-,38-,40+,41-/m0/s1. The SMILES string of the molecule is CCn1c(-c2cnccc2COC)c2c3cc(ccc31)-c1cc(O)cc(c1)C[C@H](NC(=O)[C@H](C(C)C)N(C)C(=O)[C@H]1CCCO1)C(=O)N1CCC[C@H](N1)C(=O)OCC(C)(C)C2. The van der Waals surface area contributed by atoms with Gasteiger partial charge in [-0.1, -0.05) is 39.8 Å². The summed E-state index contributed by atoms with van der Waals surface area (Å²) in [5, 5.41) is 16.7. The first-order chi connectivity index (χ1) is 29.2. The highest BCUT2D eigenvalue weighted by Gasteiger charge is 2.39. The Morgan fingerprint density at radius 2 is 1.90 bits per heavy atom. The van der Waals surface area contributed by atoms with Gasteiger partial charge in [-0.3, -0.25) is 29.2 Å². The monoisotopic (exact) mass is 836 g/mol. The molecule has 2 aromatic carbocycles. The van der Waals surface area contributed by atoms with E-state index in [0.717, 1.165) is 50.8 Å². The van der Waals surface area contributed by atoms with Gasteiger partial charge in [0.15, 0.2) is 0 Å². The predicted octanol–water partition coefficient (Wildman–Crippen LogP) is 5.55. The van der Waals surface area contributed by atoms with E-state index in [4.69, 9.17) is 14.2 Å². The number of amides is 3. The van der Waals surface area contributed by atoms with E-state index in [1.54, 1.807) is 32.5 Å². The van der Waals surface area contributed by atoms with E-state index in [1.165, 1.54) is 9.91 Å². The summed E-state index contributed by atoms with van der Waals surface area (Å²) in [6, 6.07) is 10.7. The van der Waals surface area contributed by atoms with Crippen molar-refractivity contribution in [3.8, 4) is 28.1 Å². The predicted molar refractivity (Wildman–Crippen MR) is 231 cm³/mol. The second kappa shape index (κ2) is 18.3. The number of nitrogens with zero attached hydrogens (tertiary/aromatic N) is 4. The molecule has 0 aliphatic carbocycles. The highest BCUT2D eigenvalue weighted by Crippen LogP contribution is 2.41. The van der Waals surface area contributed by atoms with Crippen molar-refractivity contribution in [2.45, 2.75) is 111 Å². The lowest BCUT2D eigenvalue weighted by molar-refractivity contribution is -0.155. The maximum Gasteiger partial charge on any atom is 0.324 e. The minimum atomic E-state index is -1.12. The average molecular weight is 837 g/mol. The number of aryl methyl sites for hydroxylation is 1. The Bertz CT molecular complexity index is 2280. The van der Waals surface area contributed by atoms with Gasteiger partial charge in [0.25, 0.3) is 11.8 Å². The van der Waals surface area contributed by atoms with Crippen LogP contribution < -0.4 is 10.7 Å². The number of ether oxygens (including phenoxy) is 3. The number of cyclic esters (lactones) is 1. The van der Waals surface area contributed by atoms with Crippen molar-refractivity contribution in [2.24, 2.45) is 11.3 Å². The normalized spacial score (nSPS) is 21.2. The molecule has 3 N–H and O–H groups in total. The number of hydrazine groups is 1. The molecule has 2 fully saturated rings. The molecule has 2 aromatic heterocycles. The van der Waals surface area contributed by atoms with E-state index in [1.807, 2.05) is 38.2 Å². The molecular weight excluding hydrogens is 777 g/mol. The maximum absolute atomic E-state index is 14.6. The number of benzene rings is 2. The van der Waals surface area contributed by atoms with E-state index >= 15 is 0 Å². The Kier molecular flexibility index (Phi) is 13.2. The number of hydrogen-bond donors (Lipinski definition) is 3. The number of rotatable bonds is 9. The van der Waals surface area contributed by atoms with Crippen molar-refractivity contribution >= 4 is 34.6 Å². The number of methoxy groups -OCH3 is 1. The summed E-state index contributed by atoms with van der Waals surface area (Å²) < 4.78 is 19.7. The van der Waals surface area contributed by atoms with Crippen molar-refractivity contribution in [1.29, 1.82) is 0 Å². The molecule has 0 radical (unpaired) electrons. The highest BCUT2D eigenvalue weighted by molar-refractivity contribution is 5.96. The Balaban J connectivity index is 1.34. The smallest absolute Gasteiger partial charge is 0.324 e. The zero-order chi connectivity index (χ0) is 43.6. The van der Waals surface area contributed by atoms with Gasteiger partial charge in [-0.25, -0.2) is 5.43 Å².